The molecule has 0 aliphatic carbocycles. The van der Waals surface area contributed by atoms with Gasteiger partial charge in [-0.1, -0.05) is 18.7 Å². The van der Waals surface area contributed by atoms with E-state index in [1.165, 1.54) is 0 Å². The van der Waals surface area contributed by atoms with E-state index in [0.717, 1.165) is 11.8 Å². The minimum absolute atomic E-state index is 0.0313. The molecule has 102 valence electrons. The quantitative estimate of drug-likeness (QED) is 0.334. The molecule has 6 nitrogen and oxygen atoms in total. The van der Waals surface area contributed by atoms with Gasteiger partial charge >= 0.3 is 11.9 Å². The van der Waals surface area contributed by atoms with E-state index >= 15 is 0 Å². The van der Waals surface area contributed by atoms with Crippen LogP contribution in [-0.4, -0.2) is 35.6 Å². The lowest BCUT2D eigenvalue weighted by Crippen LogP contribution is -2.36. The van der Waals surface area contributed by atoms with Crippen LogP contribution in [-0.2, 0) is 19.1 Å². The fraction of sp³-hybridized carbons (Fsp3) is 0.727. The lowest BCUT2D eigenvalue weighted by Gasteiger charge is -2.20. The number of hydrogen-bond donors (Lipinski definition) is 2. The number of esters is 2. The highest BCUT2D eigenvalue weighted by Gasteiger charge is 2.54. The Morgan fingerprint density at radius 3 is 2.83 bits per heavy atom. The monoisotopic (exact) mass is 274 g/mol. The lowest BCUT2D eigenvalue weighted by molar-refractivity contribution is -0.165. The zero-order valence-electron chi connectivity index (χ0n) is 10.5. The summed E-state index contributed by atoms with van der Waals surface area (Å²) in [6.07, 6.45) is 0.253. The summed E-state index contributed by atoms with van der Waals surface area (Å²) in [7, 11) is 0. The molecule has 1 aliphatic heterocycles. The van der Waals surface area contributed by atoms with Crippen molar-refractivity contribution in [1.29, 1.82) is 5.41 Å². The number of cyclic esters (lactones) is 1. The number of rotatable bonds is 5. The Balaban J connectivity index is 2.73. The Hall–Kier alpha value is -1.24. The van der Waals surface area contributed by atoms with E-state index in [4.69, 9.17) is 20.6 Å². The van der Waals surface area contributed by atoms with Crippen molar-refractivity contribution in [3.63, 3.8) is 0 Å². The van der Waals surface area contributed by atoms with Crippen LogP contribution in [0.2, 0.25) is 0 Å². The van der Waals surface area contributed by atoms with Crippen LogP contribution in [0.25, 0.3) is 0 Å². The third-order valence-corrected chi connectivity index (χ3v) is 3.78. The van der Waals surface area contributed by atoms with E-state index in [9.17, 15) is 9.59 Å². The minimum Gasteiger partial charge on any atom is -0.465 e. The largest absolute Gasteiger partial charge is 0.465 e. The molecule has 0 bridgehead atoms. The van der Waals surface area contributed by atoms with Crippen molar-refractivity contribution in [3.05, 3.63) is 0 Å². The van der Waals surface area contributed by atoms with Crippen LogP contribution in [0.3, 0.4) is 0 Å². The van der Waals surface area contributed by atoms with Crippen molar-refractivity contribution in [1.82, 2.24) is 0 Å². The van der Waals surface area contributed by atoms with Gasteiger partial charge in [0, 0.05) is 12.2 Å². The zero-order chi connectivity index (χ0) is 13.8. The molecule has 1 rings (SSSR count). The first-order valence-electron chi connectivity index (χ1n) is 5.81. The second kappa shape index (κ2) is 6.08. The maximum atomic E-state index is 11.9. The molecule has 0 amide bonds. The van der Waals surface area contributed by atoms with Gasteiger partial charge in [0.05, 0.1) is 6.61 Å². The highest BCUT2D eigenvalue weighted by molar-refractivity contribution is 8.13. The summed E-state index contributed by atoms with van der Waals surface area (Å²) in [4.78, 5) is 23.8. The summed E-state index contributed by atoms with van der Waals surface area (Å²) in [6, 6.07) is 0. The Morgan fingerprint density at radius 1 is 1.67 bits per heavy atom. The molecule has 7 heteroatoms. The van der Waals surface area contributed by atoms with Crippen molar-refractivity contribution in [2.75, 3.05) is 12.4 Å². The summed E-state index contributed by atoms with van der Waals surface area (Å²) >= 11 is 1.10. The van der Waals surface area contributed by atoms with Gasteiger partial charge in [-0.05, 0) is 13.3 Å². The third-order valence-electron chi connectivity index (χ3n) is 2.94. The number of thioether (sulfide) groups is 1. The number of amidine groups is 1. The van der Waals surface area contributed by atoms with Crippen molar-refractivity contribution in [2.45, 2.75) is 32.8 Å². The molecule has 0 spiro atoms. The van der Waals surface area contributed by atoms with Gasteiger partial charge in [-0.3, -0.25) is 15.0 Å². The fourth-order valence-corrected chi connectivity index (χ4v) is 2.47. The molecule has 2 unspecified atom stereocenters. The molecule has 3 N–H and O–H groups in total. The molecule has 0 aromatic carbocycles. The Morgan fingerprint density at radius 2 is 2.33 bits per heavy atom. The van der Waals surface area contributed by atoms with Crippen molar-refractivity contribution in [3.8, 4) is 0 Å². The fourth-order valence-electron chi connectivity index (χ4n) is 1.92. The predicted molar refractivity (Wildman–Crippen MR) is 68.2 cm³/mol. The first-order valence-corrected chi connectivity index (χ1v) is 6.80. The van der Waals surface area contributed by atoms with Crippen LogP contribution >= 0.6 is 11.8 Å². The second-order valence-corrected chi connectivity index (χ2v) is 5.12. The van der Waals surface area contributed by atoms with Gasteiger partial charge in [-0.25, -0.2) is 0 Å². The average Bonchev–Trinajstić information content (AvgIpc) is 2.64. The van der Waals surface area contributed by atoms with Gasteiger partial charge in [0.25, 0.3) is 0 Å². The van der Waals surface area contributed by atoms with E-state index < -0.39 is 23.5 Å². The molecule has 2 atom stereocenters. The maximum Gasteiger partial charge on any atom is 0.323 e. The van der Waals surface area contributed by atoms with Crippen LogP contribution in [0.4, 0.5) is 0 Å². The SMILES string of the molecule is CCOC(=O)C1(CC)CC(CSC(=N)N)OC1=O. The molecule has 0 saturated carbocycles. The normalized spacial score (nSPS) is 26.8. The summed E-state index contributed by atoms with van der Waals surface area (Å²) in [6.45, 7) is 3.70. The van der Waals surface area contributed by atoms with Crippen molar-refractivity contribution >= 4 is 28.9 Å². The number of hydrogen-bond acceptors (Lipinski definition) is 6. The van der Waals surface area contributed by atoms with Crippen LogP contribution in [0.1, 0.15) is 26.7 Å². The summed E-state index contributed by atoms with van der Waals surface area (Å²) in [5.74, 6) is -0.659. The molecule has 1 aliphatic rings. The van der Waals surface area contributed by atoms with Gasteiger partial charge in [-0.2, -0.15) is 0 Å². The number of carbonyl (C=O) groups is 2. The van der Waals surface area contributed by atoms with Gasteiger partial charge < -0.3 is 15.2 Å². The Labute approximate surface area is 110 Å². The third kappa shape index (κ3) is 2.95. The first-order chi connectivity index (χ1) is 8.46. The molecule has 18 heavy (non-hydrogen) atoms. The zero-order valence-corrected chi connectivity index (χ0v) is 11.3. The lowest BCUT2D eigenvalue weighted by atomic mass is 9.82. The number of nitrogens with two attached hydrogens (primary N) is 1. The van der Waals surface area contributed by atoms with E-state index in [1.807, 2.05) is 0 Å². The van der Waals surface area contributed by atoms with E-state index in [1.54, 1.807) is 13.8 Å². The molecule has 0 aromatic rings. The van der Waals surface area contributed by atoms with Gasteiger partial charge in [0.1, 0.15) is 6.10 Å². The highest BCUT2D eigenvalue weighted by atomic mass is 32.2. The summed E-state index contributed by atoms with van der Waals surface area (Å²) < 4.78 is 10.1. The van der Waals surface area contributed by atoms with Gasteiger partial charge in [0.2, 0.25) is 0 Å². The van der Waals surface area contributed by atoms with Gasteiger partial charge in [0.15, 0.2) is 10.6 Å². The molecule has 1 heterocycles. The first kappa shape index (κ1) is 14.8. The predicted octanol–water partition coefficient (Wildman–Crippen LogP) is 0.888. The highest BCUT2D eigenvalue weighted by Crippen LogP contribution is 2.39. The topological polar surface area (TPSA) is 102 Å². The van der Waals surface area contributed by atoms with Crippen molar-refractivity contribution in [2.24, 2.45) is 11.1 Å². The van der Waals surface area contributed by atoms with E-state index in [-0.39, 0.29) is 11.8 Å². The van der Waals surface area contributed by atoms with Crippen LogP contribution in [0.5, 0.6) is 0 Å². The second-order valence-electron chi connectivity index (χ2n) is 4.06. The van der Waals surface area contributed by atoms with E-state index in [2.05, 4.69) is 0 Å². The molecule has 0 radical (unpaired) electrons. The van der Waals surface area contributed by atoms with E-state index in [0.29, 0.717) is 18.6 Å². The molecular weight excluding hydrogens is 256 g/mol. The Kier molecular flexibility index (Phi) is 5.01. The van der Waals surface area contributed by atoms with Crippen molar-refractivity contribution < 1.29 is 19.1 Å². The number of carbonyl (C=O) groups excluding carboxylic acids is 2. The van der Waals surface area contributed by atoms with Crippen LogP contribution in [0.15, 0.2) is 0 Å². The number of ether oxygens (including phenoxy) is 2. The van der Waals surface area contributed by atoms with Crippen LogP contribution < -0.4 is 5.73 Å². The molecule has 1 saturated heterocycles. The number of nitrogens with one attached hydrogen (secondary N) is 1. The maximum absolute atomic E-state index is 11.9. The minimum atomic E-state index is -1.18. The molecule has 0 aromatic heterocycles. The molecular formula is C11H18N2O4S. The summed E-state index contributed by atoms with van der Waals surface area (Å²) in [5, 5.41) is 7.08. The van der Waals surface area contributed by atoms with Gasteiger partial charge in [-0.15, -0.1) is 0 Å². The average molecular weight is 274 g/mol. The summed E-state index contributed by atoms with van der Waals surface area (Å²) in [5.41, 5.74) is 4.04. The van der Waals surface area contributed by atoms with Crippen LogP contribution in [0, 0.1) is 10.8 Å². The Bertz CT molecular complexity index is 361. The standard InChI is InChI=1S/C11H18N2O4S/c1-3-11(8(14)16-4-2)5-7(17-9(11)15)6-18-10(12)13/h7H,3-6H2,1-2H3,(H3,12,13). The smallest absolute Gasteiger partial charge is 0.323 e. The molecule has 1 fully saturated rings.